The third-order valence-corrected chi connectivity index (χ3v) is 5.81. The number of benzene rings is 2. The molecular weight excluding hydrogens is 350 g/mol. The fourth-order valence-corrected chi connectivity index (χ4v) is 4.06. The van der Waals surface area contributed by atoms with Crippen LogP contribution >= 0.6 is 0 Å². The van der Waals surface area contributed by atoms with Crippen LogP contribution in [0.15, 0.2) is 65.5 Å². The van der Waals surface area contributed by atoms with Gasteiger partial charge in [-0.2, -0.15) is 5.26 Å². The number of nitrogens with zero attached hydrogens (tertiary/aromatic N) is 3. The van der Waals surface area contributed by atoms with Crippen LogP contribution in [0.3, 0.4) is 0 Å². The van der Waals surface area contributed by atoms with Gasteiger partial charge in [-0.25, -0.2) is 0 Å². The number of amides is 1. The molecule has 28 heavy (non-hydrogen) atoms. The Labute approximate surface area is 163 Å². The summed E-state index contributed by atoms with van der Waals surface area (Å²) in [5.74, 6) is -0.258. The number of aryl methyl sites for hydroxylation is 1. The zero-order valence-electron chi connectivity index (χ0n) is 15.8. The van der Waals surface area contributed by atoms with Crippen molar-refractivity contribution >= 4 is 16.8 Å². The third-order valence-electron chi connectivity index (χ3n) is 5.81. The molecule has 1 saturated heterocycles. The largest absolute Gasteiger partial charge is 0.338 e. The molecule has 3 aromatic rings. The Balaban J connectivity index is 1.62. The number of fused-ring (bicyclic) bond motifs is 1. The number of piperidine rings is 1. The fourth-order valence-electron chi connectivity index (χ4n) is 4.06. The molecule has 5 nitrogen and oxygen atoms in total. The van der Waals surface area contributed by atoms with E-state index in [1.165, 1.54) is 4.57 Å². The van der Waals surface area contributed by atoms with Crippen LogP contribution in [0.25, 0.3) is 10.9 Å². The van der Waals surface area contributed by atoms with E-state index in [0.717, 1.165) is 16.5 Å². The minimum Gasteiger partial charge on any atom is -0.338 e. The second-order valence-corrected chi connectivity index (χ2v) is 7.33. The molecule has 0 N–H and O–H groups in total. The Morgan fingerprint density at radius 3 is 2.36 bits per heavy atom. The van der Waals surface area contributed by atoms with E-state index in [1.54, 1.807) is 18.0 Å². The molecule has 0 aliphatic carbocycles. The molecule has 0 spiro atoms. The Morgan fingerprint density at radius 1 is 1.04 bits per heavy atom. The summed E-state index contributed by atoms with van der Waals surface area (Å²) in [7, 11) is 1.69. The standard InChI is InChI=1S/C23H21N3O2/c1-25-20-10-6-5-7-17(20)15-19(21(25)27)22(28)26-13-11-23(16-24,12-14-26)18-8-3-2-4-9-18/h2-10,15H,11-14H2,1H3. The summed E-state index contributed by atoms with van der Waals surface area (Å²) in [5.41, 5.74) is 1.11. The minimum absolute atomic E-state index is 0.186. The topological polar surface area (TPSA) is 66.1 Å². The van der Waals surface area contributed by atoms with E-state index < -0.39 is 5.41 Å². The molecule has 0 bridgehead atoms. The summed E-state index contributed by atoms with van der Waals surface area (Å²) in [4.78, 5) is 27.5. The van der Waals surface area contributed by atoms with Gasteiger partial charge in [0.1, 0.15) is 5.56 Å². The predicted molar refractivity (Wildman–Crippen MR) is 108 cm³/mol. The fraction of sp³-hybridized carbons (Fsp3) is 0.261. The average molecular weight is 371 g/mol. The molecule has 1 aliphatic rings. The maximum Gasteiger partial charge on any atom is 0.263 e. The summed E-state index contributed by atoms with van der Waals surface area (Å²) < 4.78 is 1.52. The van der Waals surface area contributed by atoms with E-state index in [4.69, 9.17) is 0 Å². The van der Waals surface area contributed by atoms with Crippen molar-refractivity contribution in [1.82, 2.24) is 9.47 Å². The highest BCUT2D eigenvalue weighted by molar-refractivity contribution is 5.97. The maximum absolute atomic E-state index is 13.1. The second kappa shape index (κ2) is 6.97. The number of hydrogen-bond acceptors (Lipinski definition) is 3. The molecule has 2 heterocycles. The van der Waals surface area contributed by atoms with Crippen molar-refractivity contribution in [3.8, 4) is 6.07 Å². The van der Waals surface area contributed by atoms with Gasteiger partial charge in [-0.05, 0) is 35.9 Å². The number of carbonyl (C=O) groups excluding carboxylic acids is 1. The van der Waals surface area contributed by atoms with Gasteiger partial charge in [-0.1, -0.05) is 48.5 Å². The van der Waals surface area contributed by atoms with Crippen LogP contribution in [0, 0.1) is 11.3 Å². The van der Waals surface area contributed by atoms with Crippen LogP contribution in [0.1, 0.15) is 28.8 Å². The molecule has 0 saturated carbocycles. The highest BCUT2D eigenvalue weighted by Gasteiger charge is 2.38. The van der Waals surface area contributed by atoms with Crippen LogP contribution in [-0.4, -0.2) is 28.5 Å². The van der Waals surface area contributed by atoms with Crippen LogP contribution in [-0.2, 0) is 12.5 Å². The van der Waals surface area contributed by atoms with Crippen molar-refractivity contribution in [3.05, 3.63) is 82.1 Å². The number of nitriles is 1. The van der Waals surface area contributed by atoms with Crippen LogP contribution in [0.5, 0.6) is 0 Å². The quantitative estimate of drug-likeness (QED) is 0.695. The molecule has 1 fully saturated rings. The summed E-state index contributed by atoms with van der Waals surface area (Å²) in [6.45, 7) is 0.911. The van der Waals surface area contributed by atoms with Gasteiger partial charge in [0, 0.05) is 20.1 Å². The number of carbonyl (C=O) groups is 1. The van der Waals surface area contributed by atoms with Crippen molar-refractivity contribution in [2.24, 2.45) is 7.05 Å². The molecule has 5 heteroatoms. The zero-order chi connectivity index (χ0) is 19.7. The van der Waals surface area contributed by atoms with Crippen molar-refractivity contribution in [2.45, 2.75) is 18.3 Å². The van der Waals surface area contributed by atoms with Crippen molar-refractivity contribution < 1.29 is 4.79 Å². The lowest BCUT2D eigenvalue weighted by molar-refractivity contribution is 0.0690. The number of rotatable bonds is 2. The average Bonchev–Trinajstić information content (AvgIpc) is 2.76. The first-order valence-corrected chi connectivity index (χ1v) is 9.40. The lowest BCUT2D eigenvalue weighted by Crippen LogP contribution is -2.46. The molecule has 0 unspecified atom stereocenters. The van der Waals surface area contributed by atoms with Gasteiger partial charge in [0.2, 0.25) is 0 Å². The molecule has 1 aliphatic heterocycles. The number of hydrogen-bond donors (Lipinski definition) is 0. The Kier molecular flexibility index (Phi) is 4.48. The van der Waals surface area contributed by atoms with Gasteiger partial charge < -0.3 is 9.47 Å². The van der Waals surface area contributed by atoms with Crippen LogP contribution in [0.4, 0.5) is 0 Å². The number of aromatic nitrogens is 1. The summed E-state index contributed by atoms with van der Waals surface area (Å²) in [6, 6.07) is 21.4. The number of pyridine rings is 1. The lowest BCUT2D eigenvalue weighted by Gasteiger charge is -2.37. The van der Waals surface area contributed by atoms with Gasteiger partial charge in [-0.15, -0.1) is 0 Å². The summed E-state index contributed by atoms with van der Waals surface area (Å²) in [5, 5.41) is 10.7. The monoisotopic (exact) mass is 371 g/mol. The van der Waals surface area contributed by atoms with Gasteiger partial charge in [0.25, 0.3) is 11.5 Å². The van der Waals surface area contributed by atoms with Gasteiger partial charge in [0.05, 0.1) is 17.0 Å². The highest BCUT2D eigenvalue weighted by atomic mass is 16.2. The molecule has 1 amide bonds. The molecule has 0 atom stereocenters. The summed E-state index contributed by atoms with van der Waals surface area (Å²) >= 11 is 0. The first kappa shape index (κ1) is 18.0. The van der Waals surface area contributed by atoms with Gasteiger partial charge >= 0.3 is 0 Å². The normalized spacial score (nSPS) is 15.9. The Hall–Kier alpha value is -3.39. The SMILES string of the molecule is Cn1c(=O)c(C(=O)N2CCC(C#N)(c3ccccc3)CC2)cc2ccccc21. The number of likely N-dealkylation sites (tertiary alicyclic amines) is 1. The first-order valence-electron chi connectivity index (χ1n) is 9.40. The minimum atomic E-state index is -0.577. The van der Waals surface area contributed by atoms with Crippen molar-refractivity contribution in [1.29, 1.82) is 5.26 Å². The van der Waals surface area contributed by atoms with E-state index in [0.29, 0.717) is 25.9 Å². The number of para-hydroxylation sites is 1. The first-order chi connectivity index (χ1) is 13.6. The third kappa shape index (κ3) is 2.87. The van der Waals surface area contributed by atoms with E-state index in [1.807, 2.05) is 54.6 Å². The molecule has 140 valence electrons. The van der Waals surface area contributed by atoms with Gasteiger partial charge in [0.15, 0.2) is 0 Å². The van der Waals surface area contributed by atoms with Crippen LogP contribution in [0.2, 0.25) is 0 Å². The predicted octanol–water partition coefficient (Wildman–Crippen LogP) is 3.24. The summed E-state index contributed by atoms with van der Waals surface area (Å²) in [6.07, 6.45) is 1.13. The highest BCUT2D eigenvalue weighted by Crippen LogP contribution is 2.35. The van der Waals surface area contributed by atoms with E-state index >= 15 is 0 Å². The van der Waals surface area contributed by atoms with E-state index in [2.05, 4.69) is 6.07 Å². The Bertz CT molecular complexity index is 1130. The molecule has 4 rings (SSSR count). The van der Waals surface area contributed by atoms with Gasteiger partial charge in [-0.3, -0.25) is 9.59 Å². The second-order valence-electron chi connectivity index (χ2n) is 7.33. The van der Waals surface area contributed by atoms with Crippen LogP contribution < -0.4 is 5.56 Å². The molecule has 0 radical (unpaired) electrons. The van der Waals surface area contributed by atoms with Crippen molar-refractivity contribution in [2.75, 3.05) is 13.1 Å². The molecule has 2 aromatic carbocycles. The zero-order valence-corrected chi connectivity index (χ0v) is 15.8. The lowest BCUT2D eigenvalue weighted by atomic mass is 9.74. The van der Waals surface area contributed by atoms with Crippen molar-refractivity contribution in [3.63, 3.8) is 0 Å². The van der Waals surface area contributed by atoms with E-state index in [-0.39, 0.29) is 17.0 Å². The Morgan fingerprint density at radius 2 is 1.68 bits per heavy atom. The smallest absolute Gasteiger partial charge is 0.263 e. The molecule has 1 aromatic heterocycles. The maximum atomic E-state index is 13.1. The molecular formula is C23H21N3O2. The van der Waals surface area contributed by atoms with E-state index in [9.17, 15) is 14.9 Å².